The highest BCUT2D eigenvalue weighted by atomic mass is 16.5. The summed E-state index contributed by atoms with van der Waals surface area (Å²) in [6.07, 6.45) is -0.118. The standard InChI is InChI=1S/C12H23N3O5/c1-4-15(7-5-11(17)18)12(19)14(2)9-10(16)13-6-8-20-3/h4-9H2,1-3H3,(H,13,16)(H,17,18). The van der Waals surface area contributed by atoms with Crippen molar-refractivity contribution < 1.29 is 24.2 Å². The fourth-order valence-electron chi connectivity index (χ4n) is 1.49. The third-order valence-electron chi connectivity index (χ3n) is 2.58. The first kappa shape index (κ1) is 18.2. The summed E-state index contributed by atoms with van der Waals surface area (Å²) >= 11 is 0. The lowest BCUT2D eigenvalue weighted by atomic mass is 10.4. The van der Waals surface area contributed by atoms with Gasteiger partial charge in [-0.25, -0.2) is 4.79 Å². The van der Waals surface area contributed by atoms with E-state index in [4.69, 9.17) is 9.84 Å². The number of likely N-dealkylation sites (N-methyl/N-ethyl adjacent to an activating group) is 1. The Labute approximate surface area is 118 Å². The second-order valence-corrected chi connectivity index (χ2v) is 4.20. The molecular formula is C12H23N3O5. The van der Waals surface area contributed by atoms with Crippen LogP contribution >= 0.6 is 0 Å². The smallest absolute Gasteiger partial charge is 0.320 e. The Balaban J connectivity index is 4.22. The largest absolute Gasteiger partial charge is 0.481 e. The zero-order chi connectivity index (χ0) is 15.5. The van der Waals surface area contributed by atoms with Crippen LogP contribution in [-0.2, 0) is 14.3 Å². The van der Waals surface area contributed by atoms with Crippen LogP contribution in [0, 0.1) is 0 Å². The Morgan fingerprint density at radius 1 is 1.30 bits per heavy atom. The normalized spacial score (nSPS) is 9.95. The van der Waals surface area contributed by atoms with Gasteiger partial charge >= 0.3 is 12.0 Å². The van der Waals surface area contributed by atoms with Crippen LogP contribution < -0.4 is 5.32 Å². The summed E-state index contributed by atoms with van der Waals surface area (Å²) in [5.74, 6) is -1.25. The SMILES string of the molecule is CCN(CCC(=O)O)C(=O)N(C)CC(=O)NCCOC. The molecule has 3 amide bonds. The van der Waals surface area contributed by atoms with E-state index >= 15 is 0 Å². The summed E-state index contributed by atoms with van der Waals surface area (Å²) in [6, 6.07) is -0.365. The Morgan fingerprint density at radius 3 is 2.45 bits per heavy atom. The number of ether oxygens (including phenoxy) is 1. The molecule has 8 heteroatoms. The monoisotopic (exact) mass is 289 g/mol. The molecule has 0 aromatic carbocycles. The van der Waals surface area contributed by atoms with Crippen LogP contribution in [0.4, 0.5) is 4.79 Å². The van der Waals surface area contributed by atoms with E-state index in [0.29, 0.717) is 19.7 Å². The van der Waals surface area contributed by atoms with Crippen LogP contribution in [0.15, 0.2) is 0 Å². The van der Waals surface area contributed by atoms with E-state index in [2.05, 4.69) is 5.32 Å². The number of rotatable bonds is 9. The molecule has 2 N–H and O–H groups in total. The molecule has 0 aliphatic heterocycles. The Bertz CT molecular complexity index is 335. The minimum atomic E-state index is -0.962. The van der Waals surface area contributed by atoms with Crippen molar-refractivity contribution in [1.29, 1.82) is 0 Å². The maximum atomic E-state index is 12.0. The highest BCUT2D eigenvalue weighted by Crippen LogP contribution is 1.98. The van der Waals surface area contributed by atoms with Gasteiger partial charge in [0.25, 0.3) is 0 Å². The van der Waals surface area contributed by atoms with Crippen molar-refractivity contribution in [3.05, 3.63) is 0 Å². The van der Waals surface area contributed by atoms with Gasteiger partial charge in [0.05, 0.1) is 13.0 Å². The van der Waals surface area contributed by atoms with Gasteiger partial charge in [0.15, 0.2) is 0 Å². The highest BCUT2D eigenvalue weighted by Gasteiger charge is 2.19. The number of amides is 3. The molecule has 0 bridgehead atoms. The van der Waals surface area contributed by atoms with Crippen molar-refractivity contribution in [3.63, 3.8) is 0 Å². The molecule has 0 aromatic rings. The quantitative estimate of drug-likeness (QED) is 0.563. The Morgan fingerprint density at radius 2 is 1.95 bits per heavy atom. The zero-order valence-corrected chi connectivity index (χ0v) is 12.2. The number of nitrogens with zero attached hydrogens (tertiary/aromatic N) is 2. The number of methoxy groups -OCH3 is 1. The Hall–Kier alpha value is -1.83. The van der Waals surface area contributed by atoms with E-state index in [1.807, 2.05) is 0 Å². The fraction of sp³-hybridized carbons (Fsp3) is 0.750. The number of hydrogen-bond acceptors (Lipinski definition) is 4. The van der Waals surface area contributed by atoms with Gasteiger partial charge in [-0.2, -0.15) is 0 Å². The first-order chi connectivity index (χ1) is 9.42. The molecule has 0 aliphatic carbocycles. The third-order valence-corrected chi connectivity index (χ3v) is 2.58. The molecule has 0 atom stereocenters. The molecule has 0 aromatic heterocycles. The number of carboxylic acid groups (broad SMARTS) is 1. The average Bonchev–Trinajstić information content (AvgIpc) is 2.39. The molecule has 0 fully saturated rings. The van der Waals surface area contributed by atoms with Gasteiger partial charge < -0.3 is 25.0 Å². The molecule has 116 valence electrons. The number of aliphatic carboxylic acids is 1. The van der Waals surface area contributed by atoms with Crippen LogP contribution in [0.1, 0.15) is 13.3 Å². The van der Waals surface area contributed by atoms with Gasteiger partial charge in [-0.15, -0.1) is 0 Å². The minimum Gasteiger partial charge on any atom is -0.481 e. The number of urea groups is 1. The van der Waals surface area contributed by atoms with Crippen molar-refractivity contribution in [2.75, 3.05) is 46.9 Å². The summed E-state index contributed by atoms with van der Waals surface area (Å²) in [6.45, 7) is 2.98. The van der Waals surface area contributed by atoms with Gasteiger partial charge in [0.1, 0.15) is 6.54 Å². The highest BCUT2D eigenvalue weighted by molar-refractivity contribution is 5.84. The maximum Gasteiger partial charge on any atom is 0.320 e. The summed E-state index contributed by atoms with van der Waals surface area (Å²) in [5.41, 5.74) is 0. The van der Waals surface area contributed by atoms with Crippen molar-refractivity contribution >= 4 is 17.9 Å². The first-order valence-electron chi connectivity index (χ1n) is 6.39. The zero-order valence-electron chi connectivity index (χ0n) is 12.2. The van der Waals surface area contributed by atoms with Gasteiger partial charge in [-0.1, -0.05) is 0 Å². The number of hydrogen-bond donors (Lipinski definition) is 2. The minimum absolute atomic E-state index is 0.0773. The lowest BCUT2D eigenvalue weighted by Crippen LogP contribution is -2.46. The van der Waals surface area contributed by atoms with Crippen LogP contribution in [-0.4, -0.2) is 79.8 Å². The summed E-state index contributed by atoms with van der Waals surface area (Å²) in [7, 11) is 3.03. The van der Waals surface area contributed by atoms with E-state index in [9.17, 15) is 14.4 Å². The fourth-order valence-corrected chi connectivity index (χ4v) is 1.49. The number of carbonyl (C=O) groups excluding carboxylic acids is 2. The van der Waals surface area contributed by atoms with Crippen LogP contribution in [0.3, 0.4) is 0 Å². The van der Waals surface area contributed by atoms with Gasteiger partial charge in [-0.05, 0) is 6.92 Å². The van der Waals surface area contributed by atoms with Crippen molar-refractivity contribution in [2.45, 2.75) is 13.3 Å². The molecule has 20 heavy (non-hydrogen) atoms. The Kier molecular flexibility index (Phi) is 9.10. The molecule has 8 nitrogen and oxygen atoms in total. The second kappa shape index (κ2) is 10.0. The third kappa shape index (κ3) is 7.57. The van der Waals surface area contributed by atoms with Crippen molar-refractivity contribution in [3.8, 4) is 0 Å². The second-order valence-electron chi connectivity index (χ2n) is 4.20. The molecule has 0 aliphatic rings. The van der Waals surface area contributed by atoms with Crippen LogP contribution in [0.25, 0.3) is 0 Å². The summed E-state index contributed by atoms with van der Waals surface area (Å²) < 4.78 is 4.80. The molecule has 0 rings (SSSR count). The first-order valence-corrected chi connectivity index (χ1v) is 6.39. The molecule has 0 saturated carbocycles. The topological polar surface area (TPSA) is 99.2 Å². The van der Waals surface area contributed by atoms with E-state index in [-0.39, 0.29) is 31.4 Å². The number of carbonyl (C=O) groups is 3. The molecular weight excluding hydrogens is 266 g/mol. The van der Waals surface area contributed by atoms with E-state index in [1.54, 1.807) is 6.92 Å². The predicted octanol–water partition coefficient (Wildman–Crippen LogP) is -0.403. The molecule has 0 saturated heterocycles. The number of carboxylic acids is 1. The lowest BCUT2D eigenvalue weighted by molar-refractivity contribution is -0.137. The molecule has 0 spiro atoms. The molecule has 0 radical (unpaired) electrons. The summed E-state index contributed by atoms with van der Waals surface area (Å²) in [5, 5.41) is 11.2. The molecule has 0 heterocycles. The number of nitrogens with one attached hydrogen (secondary N) is 1. The van der Waals surface area contributed by atoms with E-state index in [1.165, 1.54) is 24.0 Å². The van der Waals surface area contributed by atoms with E-state index in [0.717, 1.165) is 0 Å². The lowest BCUT2D eigenvalue weighted by Gasteiger charge is -2.26. The maximum absolute atomic E-state index is 12.0. The van der Waals surface area contributed by atoms with Gasteiger partial charge in [0, 0.05) is 33.8 Å². The predicted molar refractivity (Wildman–Crippen MR) is 72.4 cm³/mol. The van der Waals surface area contributed by atoms with Crippen molar-refractivity contribution in [2.24, 2.45) is 0 Å². The van der Waals surface area contributed by atoms with Gasteiger partial charge in [0.2, 0.25) is 5.91 Å². The van der Waals surface area contributed by atoms with Gasteiger partial charge in [-0.3, -0.25) is 9.59 Å². The van der Waals surface area contributed by atoms with Crippen LogP contribution in [0.5, 0.6) is 0 Å². The van der Waals surface area contributed by atoms with Crippen molar-refractivity contribution in [1.82, 2.24) is 15.1 Å². The van der Waals surface area contributed by atoms with E-state index < -0.39 is 5.97 Å². The average molecular weight is 289 g/mol. The molecule has 0 unspecified atom stereocenters. The van der Waals surface area contributed by atoms with Crippen LogP contribution in [0.2, 0.25) is 0 Å². The summed E-state index contributed by atoms with van der Waals surface area (Å²) in [4.78, 5) is 36.7.